The van der Waals surface area contributed by atoms with Crippen LogP contribution < -0.4 is 21.6 Å². The van der Waals surface area contributed by atoms with Crippen LogP contribution in [0.1, 0.15) is 75.1 Å². The zero-order chi connectivity index (χ0) is 24.8. The van der Waals surface area contributed by atoms with Crippen LogP contribution in [-0.2, 0) is 6.42 Å². The maximum absolute atomic E-state index is 14.9. The normalized spacial score (nSPS) is 18.5. The van der Waals surface area contributed by atoms with Crippen molar-refractivity contribution in [3.63, 3.8) is 0 Å². The average molecular weight is 488 g/mol. The fourth-order valence-corrected chi connectivity index (χ4v) is 4.59. The molecule has 2 aliphatic rings. The molecule has 2 heterocycles. The van der Waals surface area contributed by atoms with Crippen molar-refractivity contribution in [1.82, 2.24) is 20.1 Å². The Kier molecular flexibility index (Phi) is 8.56. The Bertz CT molecular complexity index is 1000. The first kappa shape index (κ1) is 25.4. The summed E-state index contributed by atoms with van der Waals surface area (Å²) in [6, 6.07) is 1.03. The number of ether oxygens (including phenoxy) is 1. The summed E-state index contributed by atoms with van der Waals surface area (Å²) in [6.45, 7) is 2.17. The lowest BCUT2D eigenvalue weighted by Gasteiger charge is -2.24. The number of nitrogens with one attached hydrogen (secondary N) is 1. The summed E-state index contributed by atoms with van der Waals surface area (Å²) in [7, 11) is 1.71. The molecule has 10 heteroatoms. The van der Waals surface area contributed by atoms with Crippen LogP contribution in [0.4, 0.5) is 10.3 Å². The van der Waals surface area contributed by atoms with E-state index < -0.39 is 5.82 Å². The van der Waals surface area contributed by atoms with E-state index in [1.54, 1.807) is 20.0 Å². The molecule has 0 amide bonds. The van der Waals surface area contributed by atoms with Crippen LogP contribution >= 0.6 is 0 Å². The lowest BCUT2D eigenvalue weighted by Crippen LogP contribution is -2.41. The zero-order valence-corrected chi connectivity index (χ0v) is 20.8. The minimum Gasteiger partial charge on any atom is -0.488 e. The third-order valence-corrected chi connectivity index (χ3v) is 7.06. The second-order valence-corrected chi connectivity index (χ2v) is 9.86. The molecular weight excluding hydrogens is 449 g/mol. The molecule has 0 aromatic carbocycles. The number of nitrogens with zero attached hydrogens (tertiary/aromatic N) is 4. The molecule has 2 aromatic rings. The molecule has 5 N–H and O–H groups in total. The molecule has 9 nitrogen and oxygen atoms in total. The Morgan fingerprint density at radius 3 is 2.71 bits per heavy atom. The molecular formula is C25H38FN7O2. The van der Waals surface area contributed by atoms with Gasteiger partial charge in [-0.25, -0.2) is 14.4 Å². The maximum Gasteiger partial charge on any atom is 0.263 e. The second-order valence-electron chi connectivity index (χ2n) is 9.86. The van der Waals surface area contributed by atoms with Crippen molar-refractivity contribution in [3.05, 3.63) is 35.2 Å². The summed E-state index contributed by atoms with van der Waals surface area (Å²) in [4.78, 5) is 8.81. The molecule has 0 saturated heterocycles. The highest BCUT2D eigenvalue weighted by atomic mass is 19.1. The number of nitrogens with two attached hydrogens (primary N) is 2. The van der Waals surface area contributed by atoms with E-state index in [9.17, 15) is 4.39 Å². The third kappa shape index (κ3) is 6.91. The van der Waals surface area contributed by atoms with Gasteiger partial charge in [-0.3, -0.25) is 5.84 Å². The van der Waals surface area contributed by atoms with Gasteiger partial charge in [0.2, 0.25) is 5.89 Å². The van der Waals surface area contributed by atoms with Crippen molar-refractivity contribution in [1.29, 1.82) is 0 Å². The topological polar surface area (TPSA) is 128 Å². The predicted octanol–water partition coefficient (Wildman–Crippen LogP) is 3.94. The highest BCUT2D eigenvalue weighted by molar-refractivity contribution is 5.61. The van der Waals surface area contributed by atoms with Gasteiger partial charge >= 0.3 is 0 Å². The first-order valence-electron chi connectivity index (χ1n) is 12.7. The van der Waals surface area contributed by atoms with Crippen molar-refractivity contribution >= 4 is 11.6 Å². The fraction of sp³-hybridized carbons (Fsp3) is 0.640. The van der Waals surface area contributed by atoms with E-state index in [-0.39, 0.29) is 23.5 Å². The molecule has 0 bridgehead atoms. The smallest absolute Gasteiger partial charge is 0.263 e. The van der Waals surface area contributed by atoms with Crippen LogP contribution in [0.3, 0.4) is 0 Å². The summed E-state index contributed by atoms with van der Waals surface area (Å²) in [6.07, 6.45) is 13.1. The van der Waals surface area contributed by atoms with Crippen molar-refractivity contribution < 1.29 is 13.7 Å². The predicted molar refractivity (Wildman–Crippen MR) is 133 cm³/mol. The minimum absolute atomic E-state index is 0.0863. The van der Waals surface area contributed by atoms with E-state index in [0.717, 1.165) is 44.4 Å². The summed E-state index contributed by atoms with van der Waals surface area (Å²) in [5.41, 5.74) is 7.16. The van der Waals surface area contributed by atoms with Gasteiger partial charge in [-0.05, 0) is 56.2 Å². The van der Waals surface area contributed by atoms with Crippen LogP contribution in [0.2, 0.25) is 0 Å². The number of anilines is 1. The summed E-state index contributed by atoms with van der Waals surface area (Å²) < 4.78 is 26.3. The lowest BCUT2D eigenvalue weighted by molar-refractivity contribution is 0.152. The number of hydrogen-bond acceptors (Lipinski definition) is 9. The Morgan fingerprint density at radius 2 is 2.03 bits per heavy atom. The highest BCUT2D eigenvalue weighted by Gasteiger charge is 2.21. The Morgan fingerprint density at radius 1 is 1.26 bits per heavy atom. The van der Waals surface area contributed by atoms with Gasteiger partial charge < -0.3 is 20.3 Å². The van der Waals surface area contributed by atoms with Crippen molar-refractivity contribution in [2.24, 2.45) is 17.5 Å². The number of aromatic nitrogens is 3. The van der Waals surface area contributed by atoms with Crippen molar-refractivity contribution in [3.8, 4) is 5.75 Å². The van der Waals surface area contributed by atoms with Gasteiger partial charge in [0.1, 0.15) is 11.4 Å². The fourth-order valence-electron chi connectivity index (χ4n) is 4.59. The van der Waals surface area contributed by atoms with Gasteiger partial charge in [0, 0.05) is 26.1 Å². The Labute approximate surface area is 206 Å². The van der Waals surface area contributed by atoms with Gasteiger partial charge in [0.05, 0.1) is 23.5 Å². The zero-order valence-electron chi connectivity index (χ0n) is 20.8. The van der Waals surface area contributed by atoms with Gasteiger partial charge in [-0.15, -0.1) is 0 Å². The van der Waals surface area contributed by atoms with Gasteiger partial charge in [0.15, 0.2) is 5.82 Å². The van der Waals surface area contributed by atoms with Crippen LogP contribution in [0, 0.1) is 18.7 Å². The SMILES string of the molecule is Cc1nc(C(N)=C[C@@H](CNc2noc(CCC3CCC3)n2)N(C)N)c(F)cc1OC1CCCCC1. The number of rotatable bonds is 11. The first-order chi connectivity index (χ1) is 16.9. The Balaban J connectivity index is 1.37. The summed E-state index contributed by atoms with van der Waals surface area (Å²) >= 11 is 0. The summed E-state index contributed by atoms with van der Waals surface area (Å²) in [5.74, 6) is 7.80. The number of halogens is 1. The molecule has 192 valence electrons. The molecule has 4 rings (SSSR count). The van der Waals surface area contributed by atoms with Gasteiger partial charge in [-0.1, -0.05) is 25.7 Å². The number of pyridine rings is 1. The molecule has 2 aromatic heterocycles. The number of likely N-dealkylation sites (N-methyl/N-ethyl adjacent to an activating group) is 1. The molecule has 35 heavy (non-hydrogen) atoms. The molecule has 0 aliphatic heterocycles. The second kappa shape index (κ2) is 11.8. The quantitative estimate of drug-likeness (QED) is 0.319. The highest BCUT2D eigenvalue weighted by Crippen LogP contribution is 2.30. The largest absolute Gasteiger partial charge is 0.488 e. The lowest BCUT2D eigenvalue weighted by atomic mass is 9.82. The molecule has 0 radical (unpaired) electrons. The van der Waals surface area contributed by atoms with E-state index in [2.05, 4.69) is 20.4 Å². The average Bonchev–Trinajstić information content (AvgIpc) is 3.26. The number of aryl methyl sites for hydroxylation is 2. The first-order valence-corrected chi connectivity index (χ1v) is 12.7. The Hall–Kier alpha value is -2.72. The molecule has 0 spiro atoms. The minimum atomic E-state index is -0.518. The molecule has 0 unspecified atom stereocenters. The number of hydrazine groups is 1. The molecule has 1 atom stereocenters. The monoisotopic (exact) mass is 487 g/mol. The molecule has 2 fully saturated rings. The van der Waals surface area contributed by atoms with Crippen LogP contribution in [0.5, 0.6) is 5.75 Å². The standard InChI is InChI=1S/C25H38FN7O2/c1-16-22(34-19-9-4-3-5-10-19)14-20(26)24(30-16)21(27)13-18(33(2)28)15-29-25-31-23(35-32-25)12-11-17-7-6-8-17/h13-14,17-19H,3-12,15,27-28H2,1-2H3,(H,29,32)/t18-/m0/s1. The van der Waals surface area contributed by atoms with Crippen LogP contribution in [0.25, 0.3) is 5.70 Å². The van der Waals surface area contributed by atoms with Crippen LogP contribution in [-0.4, -0.2) is 45.9 Å². The van der Waals surface area contributed by atoms with E-state index in [1.807, 2.05) is 0 Å². The molecule has 2 saturated carbocycles. The van der Waals surface area contributed by atoms with E-state index in [0.29, 0.717) is 29.8 Å². The molecule has 2 aliphatic carbocycles. The number of hydrogen-bond donors (Lipinski definition) is 3. The van der Waals surface area contributed by atoms with Gasteiger partial charge in [-0.2, -0.15) is 4.98 Å². The van der Waals surface area contributed by atoms with E-state index in [4.69, 9.17) is 20.8 Å². The van der Waals surface area contributed by atoms with Gasteiger partial charge in [0.25, 0.3) is 5.95 Å². The van der Waals surface area contributed by atoms with Crippen molar-refractivity contribution in [2.75, 3.05) is 18.9 Å². The van der Waals surface area contributed by atoms with E-state index in [1.165, 1.54) is 36.8 Å². The third-order valence-electron chi connectivity index (χ3n) is 7.06. The maximum atomic E-state index is 14.9. The van der Waals surface area contributed by atoms with E-state index >= 15 is 0 Å². The summed E-state index contributed by atoms with van der Waals surface area (Å²) in [5, 5.41) is 8.61. The van der Waals surface area contributed by atoms with Crippen LogP contribution in [0.15, 0.2) is 16.7 Å². The van der Waals surface area contributed by atoms with Crippen molar-refractivity contribution in [2.45, 2.75) is 83.3 Å².